The topological polar surface area (TPSA) is 44.2 Å². The number of alkyl halides is 2. The zero-order chi connectivity index (χ0) is 13.1. The number of halogens is 2. The molecule has 0 N–H and O–H groups in total. The molecule has 0 fully saturated rings. The summed E-state index contributed by atoms with van der Waals surface area (Å²) in [5.74, 6) is 0.0760. The lowest BCUT2D eigenvalue weighted by atomic mass is 10.1. The Bertz CT molecular complexity index is 378. The van der Waals surface area contributed by atoms with Gasteiger partial charge in [0.2, 0.25) is 5.88 Å². The molecule has 0 aromatic carbocycles. The lowest BCUT2D eigenvalue weighted by Crippen LogP contribution is -2.19. The van der Waals surface area contributed by atoms with Crippen LogP contribution in [0.25, 0.3) is 0 Å². The Morgan fingerprint density at radius 2 is 2.00 bits per heavy atom. The summed E-state index contributed by atoms with van der Waals surface area (Å²) in [6, 6.07) is 0. The van der Waals surface area contributed by atoms with Crippen LogP contribution in [0.4, 0.5) is 8.78 Å². The highest BCUT2D eigenvalue weighted by Gasteiger charge is 2.21. The first-order valence-electron chi connectivity index (χ1n) is 5.15. The van der Waals surface area contributed by atoms with E-state index < -0.39 is 12.0 Å². The zero-order valence-corrected chi connectivity index (χ0v) is 10.3. The lowest BCUT2D eigenvalue weighted by molar-refractivity contribution is -0.0174. The third-order valence-corrected chi connectivity index (χ3v) is 2.03. The third-order valence-electron chi connectivity index (χ3n) is 2.03. The van der Waals surface area contributed by atoms with Gasteiger partial charge >= 0.3 is 0 Å². The molecule has 96 valence electrons. The third kappa shape index (κ3) is 3.89. The summed E-state index contributed by atoms with van der Waals surface area (Å²) in [7, 11) is 1.36. The van der Waals surface area contributed by atoms with Crippen LogP contribution in [-0.4, -0.2) is 22.9 Å². The monoisotopic (exact) mass is 246 g/mol. The number of nitrogens with zero attached hydrogens (tertiary/aromatic N) is 2. The predicted molar refractivity (Wildman–Crippen MR) is 58.1 cm³/mol. The first-order chi connectivity index (χ1) is 7.85. The van der Waals surface area contributed by atoms with Gasteiger partial charge in [0.1, 0.15) is 0 Å². The minimum atomic E-state index is -2.63. The highest BCUT2D eigenvalue weighted by molar-refractivity contribution is 5.32. The molecule has 6 heteroatoms. The van der Waals surface area contributed by atoms with Crippen molar-refractivity contribution >= 4 is 0 Å². The number of rotatable bonds is 4. The van der Waals surface area contributed by atoms with E-state index in [1.165, 1.54) is 7.11 Å². The Labute approximate surface area is 99.0 Å². The molecule has 1 heterocycles. The second-order valence-corrected chi connectivity index (χ2v) is 4.49. The van der Waals surface area contributed by atoms with Gasteiger partial charge in [-0.2, -0.15) is 5.10 Å². The highest BCUT2D eigenvalue weighted by atomic mass is 19.3. The molecule has 1 rings (SSSR count). The van der Waals surface area contributed by atoms with Crippen LogP contribution < -0.4 is 4.74 Å². The molecular weight excluding hydrogens is 230 g/mol. The fourth-order valence-electron chi connectivity index (χ4n) is 1.19. The zero-order valence-electron chi connectivity index (χ0n) is 10.3. The summed E-state index contributed by atoms with van der Waals surface area (Å²) in [4.78, 5) is 0. The summed E-state index contributed by atoms with van der Waals surface area (Å²) in [5.41, 5.74) is -0.387. The SMILES string of the molecule is COc1nncc(C(F)F)c1COC(C)(C)C. The van der Waals surface area contributed by atoms with Crippen molar-refractivity contribution in [2.24, 2.45) is 0 Å². The molecule has 1 aromatic rings. The van der Waals surface area contributed by atoms with Gasteiger partial charge in [0, 0.05) is 5.56 Å². The maximum atomic E-state index is 12.8. The van der Waals surface area contributed by atoms with E-state index in [0.717, 1.165) is 6.20 Å². The molecule has 0 radical (unpaired) electrons. The molecule has 0 aliphatic carbocycles. The number of methoxy groups -OCH3 is 1. The fourth-order valence-corrected chi connectivity index (χ4v) is 1.19. The molecule has 0 saturated carbocycles. The van der Waals surface area contributed by atoms with Crippen molar-refractivity contribution in [3.63, 3.8) is 0 Å². The van der Waals surface area contributed by atoms with Gasteiger partial charge in [-0.1, -0.05) is 0 Å². The minimum absolute atomic E-state index is 0.0157. The van der Waals surface area contributed by atoms with E-state index in [4.69, 9.17) is 9.47 Å². The number of ether oxygens (including phenoxy) is 2. The summed E-state index contributed by atoms with van der Waals surface area (Å²) in [6.07, 6.45) is -1.59. The fraction of sp³-hybridized carbons (Fsp3) is 0.636. The Kier molecular flexibility index (Phi) is 4.34. The second kappa shape index (κ2) is 5.35. The van der Waals surface area contributed by atoms with Crippen LogP contribution in [0.2, 0.25) is 0 Å². The van der Waals surface area contributed by atoms with Gasteiger partial charge in [-0.3, -0.25) is 0 Å². The molecule has 0 saturated heterocycles. The first-order valence-corrected chi connectivity index (χ1v) is 5.15. The molecule has 0 aliphatic rings. The molecule has 0 bridgehead atoms. The van der Waals surface area contributed by atoms with Gasteiger partial charge in [0.15, 0.2) is 0 Å². The molecule has 0 unspecified atom stereocenters. The van der Waals surface area contributed by atoms with E-state index in [2.05, 4.69) is 10.2 Å². The molecule has 0 amide bonds. The van der Waals surface area contributed by atoms with Gasteiger partial charge in [0.25, 0.3) is 6.43 Å². The normalized spacial score (nSPS) is 11.9. The van der Waals surface area contributed by atoms with Crippen LogP contribution in [0.1, 0.15) is 38.3 Å². The molecular formula is C11H16F2N2O2. The predicted octanol–water partition coefficient (Wildman–Crippen LogP) is 2.74. The van der Waals surface area contributed by atoms with Gasteiger partial charge in [-0.25, -0.2) is 8.78 Å². The van der Waals surface area contributed by atoms with Crippen molar-refractivity contribution in [2.75, 3.05) is 7.11 Å². The summed E-state index contributed by atoms with van der Waals surface area (Å²) in [6.45, 7) is 5.55. The minimum Gasteiger partial charge on any atom is -0.480 e. The van der Waals surface area contributed by atoms with E-state index in [1.807, 2.05) is 20.8 Å². The van der Waals surface area contributed by atoms with Crippen molar-refractivity contribution in [1.82, 2.24) is 10.2 Å². The molecule has 1 aromatic heterocycles. The van der Waals surface area contributed by atoms with Crippen molar-refractivity contribution in [3.8, 4) is 5.88 Å². The van der Waals surface area contributed by atoms with Crippen molar-refractivity contribution in [2.45, 2.75) is 39.4 Å². The Morgan fingerprint density at radius 1 is 1.35 bits per heavy atom. The van der Waals surface area contributed by atoms with Crippen molar-refractivity contribution < 1.29 is 18.3 Å². The van der Waals surface area contributed by atoms with Gasteiger partial charge in [-0.15, -0.1) is 5.10 Å². The summed E-state index contributed by atoms with van der Waals surface area (Å²) in [5, 5.41) is 7.13. The highest BCUT2D eigenvalue weighted by Crippen LogP contribution is 2.28. The molecule has 0 spiro atoms. The lowest BCUT2D eigenvalue weighted by Gasteiger charge is -2.21. The van der Waals surface area contributed by atoms with Crippen molar-refractivity contribution in [1.29, 1.82) is 0 Å². The van der Waals surface area contributed by atoms with Crippen LogP contribution in [-0.2, 0) is 11.3 Å². The average Bonchev–Trinajstić information content (AvgIpc) is 2.24. The van der Waals surface area contributed by atoms with E-state index in [9.17, 15) is 8.78 Å². The quantitative estimate of drug-likeness (QED) is 0.819. The maximum absolute atomic E-state index is 12.8. The van der Waals surface area contributed by atoms with Crippen LogP contribution in [0.5, 0.6) is 5.88 Å². The largest absolute Gasteiger partial charge is 0.480 e. The Hall–Kier alpha value is -1.30. The van der Waals surface area contributed by atoms with E-state index in [0.29, 0.717) is 0 Å². The maximum Gasteiger partial charge on any atom is 0.265 e. The van der Waals surface area contributed by atoms with E-state index in [-0.39, 0.29) is 23.6 Å². The van der Waals surface area contributed by atoms with Crippen LogP contribution in [0.3, 0.4) is 0 Å². The first kappa shape index (κ1) is 13.8. The standard InChI is InChI=1S/C11H16F2N2O2/c1-11(2,3)17-6-8-7(9(12)13)5-14-15-10(8)16-4/h5,9H,6H2,1-4H3. The Morgan fingerprint density at radius 3 is 2.47 bits per heavy atom. The van der Waals surface area contributed by atoms with E-state index in [1.54, 1.807) is 0 Å². The van der Waals surface area contributed by atoms with E-state index >= 15 is 0 Å². The number of aromatic nitrogens is 2. The number of hydrogen-bond acceptors (Lipinski definition) is 4. The average molecular weight is 246 g/mol. The van der Waals surface area contributed by atoms with Crippen LogP contribution in [0.15, 0.2) is 6.20 Å². The van der Waals surface area contributed by atoms with Crippen LogP contribution >= 0.6 is 0 Å². The molecule has 17 heavy (non-hydrogen) atoms. The second-order valence-electron chi connectivity index (χ2n) is 4.49. The molecule has 0 aliphatic heterocycles. The van der Waals surface area contributed by atoms with Gasteiger partial charge < -0.3 is 9.47 Å². The van der Waals surface area contributed by atoms with Crippen LogP contribution in [0, 0.1) is 0 Å². The van der Waals surface area contributed by atoms with Crippen molar-refractivity contribution in [3.05, 3.63) is 17.3 Å². The molecule has 0 atom stereocenters. The van der Waals surface area contributed by atoms with Gasteiger partial charge in [-0.05, 0) is 20.8 Å². The smallest absolute Gasteiger partial charge is 0.265 e. The summed E-state index contributed by atoms with van der Waals surface area (Å²) >= 11 is 0. The summed E-state index contributed by atoms with van der Waals surface area (Å²) < 4.78 is 36.0. The number of hydrogen-bond donors (Lipinski definition) is 0. The van der Waals surface area contributed by atoms with Gasteiger partial charge in [0.05, 0.1) is 31.1 Å². The Balaban J connectivity index is 3.01. The molecule has 4 nitrogen and oxygen atoms in total.